The van der Waals surface area contributed by atoms with Gasteiger partial charge in [0, 0.05) is 29.2 Å². The van der Waals surface area contributed by atoms with E-state index in [1.54, 1.807) is 56.3 Å². The summed E-state index contributed by atoms with van der Waals surface area (Å²) in [6.45, 7) is 4.04. The lowest BCUT2D eigenvalue weighted by atomic mass is 10.0. The van der Waals surface area contributed by atoms with E-state index in [1.165, 1.54) is 0 Å². The average molecular weight is 529 g/mol. The molecule has 1 aliphatic rings. The molecule has 1 aliphatic heterocycles. The number of sulfonamides is 1. The molecule has 0 aromatic heterocycles. The lowest BCUT2D eigenvalue weighted by molar-refractivity contribution is -0.137. The highest BCUT2D eigenvalue weighted by atomic mass is 35.5. The van der Waals surface area contributed by atoms with Crippen LogP contribution in [-0.4, -0.2) is 39.2 Å². The van der Waals surface area contributed by atoms with Crippen molar-refractivity contribution in [1.29, 1.82) is 0 Å². The summed E-state index contributed by atoms with van der Waals surface area (Å²) >= 11 is 6.17. The number of rotatable bonds is 10. The van der Waals surface area contributed by atoms with Crippen LogP contribution < -0.4 is 10.0 Å². The Labute approximate surface area is 216 Å². The SMILES string of the molecule is CC1(C)OCC(CNS(=O)(=O)c2ccc(CCC(=O)c3ccc(Cl)cc3Nc3ccccc3)cc2)O1. The molecule has 0 amide bonds. The van der Waals surface area contributed by atoms with E-state index in [-0.39, 0.29) is 29.7 Å². The molecule has 7 nitrogen and oxygen atoms in total. The Kier molecular flexibility index (Phi) is 8.12. The Morgan fingerprint density at radius 1 is 1.06 bits per heavy atom. The van der Waals surface area contributed by atoms with Crippen molar-refractivity contribution in [2.75, 3.05) is 18.5 Å². The number of ketones is 1. The van der Waals surface area contributed by atoms with E-state index in [0.29, 0.717) is 29.3 Å². The summed E-state index contributed by atoms with van der Waals surface area (Å²) in [6, 6.07) is 21.3. The van der Waals surface area contributed by atoms with Gasteiger partial charge in [0.25, 0.3) is 0 Å². The molecule has 3 aromatic carbocycles. The Morgan fingerprint density at radius 2 is 1.78 bits per heavy atom. The number of hydrogen-bond donors (Lipinski definition) is 2. The Hall–Kier alpha value is -2.75. The van der Waals surface area contributed by atoms with Gasteiger partial charge < -0.3 is 14.8 Å². The number of Topliss-reactive ketones (excluding diaryl/α,β-unsaturated/α-hetero) is 1. The van der Waals surface area contributed by atoms with Gasteiger partial charge >= 0.3 is 0 Å². The van der Waals surface area contributed by atoms with Crippen molar-refractivity contribution in [3.8, 4) is 0 Å². The second-order valence-electron chi connectivity index (χ2n) is 9.05. The fourth-order valence-corrected chi connectivity index (χ4v) is 5.16. The molecule has 3 aromatic rings. The second kappa shape index (κ2) is 11.1. The van der Waals surface area contributed by atoms with Gasteiger partial charge in [0.05, 0.1) is 23.3 Å². The highest BCUT2D eigenvalue weighted by molar-refractivity contribution is 7.89. The van der Waals surface area contributed by atoms with E-state index < -0.39 is 15.8 Å². The van der Waals surface area contributed by atoms with E-state index in [2.05, 4.69) is 10.0 Å². The number of halogens is 1. The molecule has 1 saturated heterocycles. The van der Waals surface area contributed by atoms with Gasteiger partial charge in [0.15, 0.2) is 11.6 Å². The van der Waals surface area contributed by atoms with Crippen LogP contribution in [0.3, 0.4) is 0 Å². The summed E-state index contributed by atoms with van der Waals surface area (Å²) in [4.78, 5) is 13.2. The topological polar surface area (TPSA) is 93.7 Å². The second-order valence-corrected chi connectivity index (χ2v) is 11.3. The third-order valence-electron chi connectivity index (χ3n) is 5.78. The number of ether oxygens (including phenoxy) is 2. The first-order valence-corrected chi connectivity index (χ1v) is 13.5. The van der Waals surface area contributed by atoms with Crippen molar-refractivity contribution in [2.45, 2.75) is 43.5 Å². The van der Waals surface area contributed by atoms with Crippen molar-refractivity contribution >= 4 is 38.8 Å². The van der Waals surface area contributed by atoms with Crippen molar-refractivity contribution in [1.82, 2.24) is 4.72 Å². The van der Waals surface area contributed by atoms with Gasteiger partial charge in [-0.15, -0.1) is 0 Å². The maximum atomic E-state index is 13.0. The van der Waals surface area contributed by atoms with Crippen molar-refractivity contribution in [2.24, 2.45) is 0 Å². The van der Waals surface area contributed by atoms with E-state index in [1.807, 2.05) is 30.3 Å². The zero-order valence-corrected chi connectivity index (χ0v) is 21.7. The fraction of sp³-hybridized carbons (Fsp3) is 0.296. The standard InChI is InChI=1S/C27H29ClN2O5S/c1-27(2)34-18-22(35-27)17-29-36(32,33)23-12-8-19(9-13-23)10-15-26(31)24-14-11-20(28)16-25(24)30-21-6-4-3-5-7-21/h3-9,11-14,16,22,29-30H,10,15,17-18H2,1-2H3. The first-order chi connectivity index (χ1) is 17.1. The molecule has 1 unspecified atom stereocenters. The maximum absolute atomic E-state index is 13.0. The predicted molar refractivity (Wildman–Crippen MR) is 140 cm³/mol. The third kappa shape index (κ3) is 6.93. The zero-order valence-electron chi connectivity index (χ0n) is 20.2. The molecule has 1 atom stereocenters. The maximum Gasteiger partial charge on any atom is 0.240 e. The summed E-state index contributed by atoms with van der Waals surface area (Å²) in [5, 5.41) is 3.79. The number of para-hydroxylation sites is 1. The van der Waals surface area contributed by atoms with Gasteiger partial charge in [-0.3, -0.25) is 4.79 Å². The van der Waals surface area contributed by atoms with Gasteiger partial charge in [0.1, 0.15) is 0 Å². The Morgan fingerprint density at radius 3 is 2.44 bits per heavy atom. The van der Waals surface area contributed by atoms with E-state index in [0.717, 1.165) is 11.3 Å². The zero-order chi connectivity index (χ0) is 25.8. The van der Waals surface area contributed by atoms with Gasteiger partial charge in [-0.1, -0.05) is 41.9 Å². The smallest absolute Gasteiger partial charge is 0.240 e. The van der Waals surface area contributed by atoms with E-state index in [4.69, 9.17) is 21.1 Å². The van der Waals surface area contributed by atoms with Crippen LogP contribution in [0.15, 0.2) is 77.7 Å². The lowest BCUT2D eigenvalue weighted by Gasteiger charge is -2.17. The summed E-state index contributed by atoms with van der Waals surface area (Å²) in [7, 11) is -3.69. The summed E-state index contributed by atoms with van der Waals surface area (Å²) in [5.41, 5.74) is 2.91. The van der Waals surface area contributed by atoms with Crippen LogP contribution in [0, 0.1) is 0 Å². The van der Waals surface area contributed by atoms with Gasteiger partial charge in [0.2, 0.25) is 10.0 Å². The van der Waals surface area contributed by atoms with Crippen LogP contribution in [0.5, 0.6) is 0 Å². The minimum atomic E-state index is -3.69. The van der Waals surface area contributed by atoms with Crippen LogP contribution >= 0.6 is 11.6 Å². The molecule has 0 bridgehead atoms. The van der Waals surface area contributed by atoms with Crippen LogP contribution in [0.1, 0.15) is 36.2 Å². The van der Waals surface area contributed by atoms with E-state index >= 15 is 0 Å². The monoisotopic (exact) mass is 528 g/mol. The third-order valence-corrected chi connectivity index (χ3v) is 7.45. The number of carbonyl (C=O) groups excluding carboxylic acids is 1. The van der Waals surface area contributed by atoms with Gasteiger partial charge in [-0.2, -0.15) is 0 Å². The molecular weight excluding hydrogens is 500 g/mol. The Balaban J connectivity index is 1.36. The molecule has 9 heteroatoms. The fourth-order valence-electron chi connectivity index (χ4n) is 3.92. The van der Waals surface area contributed by atoms with Crippen molar-refractivity contribution in [3.05, 3.63) is 88.9 Å². The van der Waals surface area contributed by atoms with Gasteiger partial charge in [-0.25, -0.2) is 13.1 Å². The first-order valence-electron chi connectivity index (χ1n) is 11.7. The largest absolute Gasteiger partial charge is 0.355 e. The molecular formula is C27H29ClN2O5S. The van der Waals surface area contributed by atoms with Crippen molar-refractivity contribution in [3.63, 3.8) is 0 Å². The lowest BCUT2D eigenvalue weighted by Crippen LogP contribution is -2.34. The number of aryl methyl sites for hydroxylation is 1. The van der Waals surface area contributed by atoms with Crippen LogP contribution in [0.2, 0.25) is 5.02 Å². The predicted octanol–water partition coefficient (Wildman–Crippen LogP) is 5.33. The highest BCUT2D eigenvalue weighted by Gasteiger charge is 2.33. The van der Waals surface area contributed by atoms with Crippen molar-refractivity contribution < 1.29 is 22.7 Å². The minimum absolute atomic E-state index is 0.0369. The number of hydrogen-bond acceptors (Lipinski definition) is 6. The molecule has 36 heavy (non-hydrogen) atoms. The quantitative estimate of drug-likeness (QED) is 0.345. The van der Waals surface area contributed by atoms with Crippen LogP contribution in [0.4, 0.5) is 11.4 Å². The summed E-state index contributed by atoms with van der Waals surface area (Å²) < 4.78 is 39.0. The van der Waals surface area contributed by atoms with Crippen LogP contribution in [0.25, 0.3) is 0 Å². The number of nitrogens with one attached hydrogen (secondary N) is 2. The van der Waals surface area contributed by atoms with E-state index in [9.17, 15) is 13.2 Å². The number of carbonyl (C=O) groups is 1. The molecule has 1 heterocycles. The summed E-state index contributed by atoms with van der Waals surface area (Å²) in [5.74, 6) is -0.746. The Bertz CT molecular complexity index is 1310. The first kappa shape index (κ1) is 26.3. The molecule has 0 radical (unpaired) electrons. The number of benzene rings is 3. The molecule has 0 saturated carbocycles. The molecule has 2 N–H and O–H groups in total. The molecule has 0 aliphatic carbocycles. The number of anilines is 2. The normalized spacial score (nSPS) is 17.1. The molecule has 4 rings (SSSR count). The summed E-state index contributed by atoms with van der Waals surface area (Å²) in [6.07, 6.45) is 0.404. The van der Waals surface area contributed by atoms with Gasteiger partial charge in [-0.05, 0) is 68.3 Å². The molecule has 190 valence electrons. The average Bonchev–Trinajstić information content (AvgIpc) is 3.21. The molecule has 1 fully saturated rings. The molecule has 0 spiro atoms. The minimum Gasteiger partial charge on any atom is -0.355 e. The highest BCUT2D eigenvalue weighted by Crippen LogP contribution is 2.27. The van der Waals surface area contributed by atoms with Crippen LogP contribution in [-0.2, 0) is 25.9 Å².